The van der Waals surface area contributed by atoms with Crippen LogP contribution in [0.25, 0.3) is 0 Å². The summed E-state index contributed by atoms with van der Waals surface area (Å²) in [5.74, 6) is 0.760. The summed E-state index contributed by atoms with van der Waals surface area (Å²) in [6.45, 7) is 3.07. The molecule has 3 nitrogen and oxygen atoms in total. The molecule has 0 amide bonds. The maximum atomic E-state index is 10.8. The van der Waals surface area contributed by atoms with E-state index in [0.29, 0.717) is 12.5 Å². The lowest BCUT2D eigenvalue weighted by Gasteiger charge is -2.26. The van der Waals surface area contributed by atoms with Gasteiger partial charge in [-0.15, -0.1) is 0 Å². The molecule has 0 radical (unpaired) electrons. The molecule has 0 saturated heterocycles. The second-order valence-electron chi connectivity index (χ2n) is 4.24. The molecule has 1 aliphatic carbocycles. The Labute approximate surface area is 86.2 Å². The highest BCUT2D eigenvalue weighted by Crippen LogP contribution is 2.23. The molecule has 0 aromatic rings. The SMILES string of the molecule is COC(=O)CCNC1CCC(C)CC1. The van der Waals surface area contributed by atoms with Crippen LogP contribution in [0.3, 0.4) is 0 Å². The van der Waals surface area contributed by atoms with E-state index in [4.69, 9.17) is 0 Å². The number of hydrogen-bond acceptors (Lipinski definition) is 3. The highest BCUT2D eigenvalue weighted by molar-refractivity contribution is 5.69. The number of hydrogen-bond donors (Lipinski definition) is 1. The van der Waals surface area contributed by atoms with Crippen LogP contribution in [-0.4, -0.2) is 25.7 Å². The van der Waals surface area contributed by atoms with Gasteiger partial charge in [-0.2, -0.15) is 0 Å². The Balaban J connectivity index is 2.04. The van der Waals surface area contributed by atoms with Crippen molar-refractivity contribution < 1.29 is 9.53 Å². The molecule has 0 bridgehead atoms. The first-order valence-electron chi connectivity index (χ1n) is 5.52. The minimum absolute atomic E-state index is 0.123. The Hall–Kier alpha value is -0.570. The van der Waals surface area contributed by atoms with Gasteiger partial charge in [-0.25, -0.2) is 0 Å². The summed E-state index contributed by atoms with van der Waals surface area (Å²) < 4.78 is 4.58. The van der Waals surface area contributed by atoms with E-state index in [2.05, 4.69) is 17.0 Å². The number of carbonyl (C=O) groups is 1. The van der Waals surface area contributed by atoms with Crippen LogP contribution < -0.4 is 5.32 Å². The van der Waals surface area contributed by atoms with Crippen molar-refractivity contribution in [2.24, 2.45) is 5.92 Å². The summed E-state index contributed by atoms with van der Waals surface area (Å²) in [5.41, 5.74) is 0. The molecule has 1 N–H and O–H groups in total. The van der Waals surface area contributed by atoms with Gasteiger partial charge in [-0.1, -0.05) is 6.92 Å². The van der Waals surface area contributed by atoms with Gasteiger partial charge in [0, 0.05) is 12.6 Å². The van der Waals surface area contributed by atoms with Crippen molar-refractivity contribution in [1.29, 1.82) is 0 Å². The quantitative estimate of drug-likeness (QED) is 0.701. The zero-order valence-corrected chi connectivity index (χ0v) is 9.21. The first-order chi connectivity index (χ1) is 6.72. The summed E-state index contributed by atoms with van der Waals surface area (Å²) in [6.07, 6.45) is 5.62. The summed E-state index contributed by atoms with van der Waals surface area (Å²) in [5, 5.41) is 3.41. The summed E-state index contributed by atoms with van der Waals surface area (Å²) >= 11 is 0. The van der Waals surface area contributed by atoms with Crippen LogP contribution in [0, 0.1) is 5.92 Å². The fourth-order valence-electron chi connectivity index (χ4n) is 1.94. The Kier molecular flexibility index (Phi) is 4.94. The highest BCUT2D eigenvalue weighted by Gasteiger charge is 2.17. The van der Waals surface area contributed by atoms with Crippen LogP contribution in [0.2, 0.25) is 0 Å². The van der Waals surface area contributed by atoms with Crippen molar-refractivity contribution in [1.82, 2.24) is 5.32 Å². The van der Waals surface area contributed by atoms with E-state index in [1.807, 2.05) is 0 Å². The van der Waals surface area contributed by atoms with Crippen molar-refractivity contribution in [3.05, 3.63) is 0 Å². The second kappa shape index (κ2) is 6.02. The van der Waals surface area contributed by atoms with E-state index in [9.17, 15) is 4.79 Å². The molecule has 0 unspecified atom stereocenters. The van der Waals surface area contributed by atoms with Crippen LogP contribution in [0.4, 0.5) is 0 Å². The maximum absolute atomic E-state index is 10.8. The molecule has 1 fully saturated rings. The van der Waals surface area contributed by atoms with Gasteiger partial charge in [0.25, 0.3) is 0 Å². The van der Waals surface area contributed by atoms with E-state index in [1.165, 1.54) is 32.8 Å². The molecule has 0 aromatic carbocycles. The fourth-order valence-corrected chi connectivity index (χ4v) is 1.94. The molecule has 0 spiro atoms. The largest absolute Gasteiger partial charge is 0.469 e. The predicted molar refractivity (Wildman–Crippen MR) is 56.1 cm³/mol. The smallest absolute Gasteiger partial charge is 0.306 e. The summed E-state index contributed by atoms with van der Waals surface area (Å²) in [7, 11) is 1.44. The third kappa shape index (κ3) is 4.09. The van der Waals surface area contributed by atoms with Crippen LogP contribution in [0.15, 0.2) is 0 Å². The minimum Gasteiger partial charge on any atom is -0.469 e. The predicted octanol–water partition coefficient (Wildman–Crippen LogP) is 1.72. The van der Waals surface area contributed by atoms with Crippen LogP contribution in [-0.2, 0) is 9.53 Å². The average Bonchev–Trinajstić information content (AvgIpc) is 2.21. The zero-order valence-electron chi connectivity index (χ0n) is 9.21. The number of methoxy groups -OCH3 is 1. The molecule has 3 heteroatoms. The Morgan fingerprint density at radius 3 is 2.57 bits per heavy atom. The van der Waals surface area contributed by atoms with Crippen LogP contribution in [0.5, 0.6) is 0 Å². The van der Waals surface area contributed by atoms with E-state index in [1.54, 1.807) is 0 Å². The molecule has 82 valence electrons. The van der Waals surface area contributed by atoms with E-state index in [-0.39, 0.29) is 5.97 Å². The Morgan fingerprint density at radius 2 is 2.00 bits per heavy atom. The molecule has 0 aromatic heterocycles. The van der Waals surface area contributed by atoms with Gasteiger partial charge in [0.05, 0.1) is 13.5 Å². The lowest BCUT2D eigenvalue weighted by Crippen LogP contribution is -2.34. The van der Waals surface area contributed by atoms with Gasteiger partial charge in [-0.05, 0) is 31.6 Å². The van der Waals surface area contributed by atoms with Crippen molar-refractivity contribution in [3.8, 4) is 0 Å². The van der Waals surface area contributed by atoms with Crippen molar-refractivity contribution >= 4 is 5.97 Å². The third-order valence-corrected chi connectivity index (χ3v) is 3.01. The van der Waals surface area contributed by atoms with Crippen LogP contribution in [0.1, 0.15) is 39.0 Å². The molecular weight excluding hydrogens is 178 g/mol. The van der Waals surface area contributed by atoms with E-state index in [0.717, 1.165) is 12.5 Å². The number of esters is 1. The molecule has 0 aliphatic heterocycles. The van der Waals surface area contributed by atoms with E-state index >= 15 is 0 Å². The number of ether oxygens (including phenoxy) is 1. The summed E-state index contributed by atoms with van der Waals surface area (Å²) in [6, 6.07) is 0.621. The summed E-state index contributed by atoms with van der Waals surface area (Å²) in [4.78, 5) is 10.8. The average molecular weight is 199 g/mol. The molecule has 1 aliphatic rings. The minimum atomic E-state index is -0.123. The van der Waals surface area contributed by atoms with Gasteiger partial charge >= 0.3 is 5.97 Å². The molecular formula is C11H21NO2. The molecule has 0 heterocycles. The molecule has 0 atom stereocenters. The molecule has 1 saturated carbocycles. The van der Waals surface area contributed by atoms with Crippen molar-refractivity contribution in [2.45, 2.75) is 45.1 Å². The maximum Gasteiger partial charge on any atom is 0.306 e. The first kappa shape index (κ1) is 11.5. The molecule has 1 rings (SSSR count). The lowest BCUT2D eigenvalue weighted by atomic mass is 9.87. The first-order valence-corrected chi connectivity index (χ1v) is 5.52. The van der Waals surface area contributed by atoms with Gasteiger partial charge in [0.2, 0.25) is 0 Å². The van der Waals surface area contributed by atoms with Gasteiger partial charge in [0.15, 0.2) is 0 Å². The third-order valence-electron chi connectivity index (χ3n) is 3.01. The van der Waals surface area contributed by atoms with Crippen molar-refractivity contribution in [3.63, 3.8) is 0 Å². The topological polar surface area (TPSA) is 38.3 Å². The molecule has 14 heavy (non-hydrogen) atoms. The normalized spacial score (nSPS) is 27.3. The standard InChI is InChI=1S/C11H21NO2/c1-9-3-5-10(6-4-9)12-8-7-11(13)14-2/h9-10,12H,3-8H2,1-2H3. The number of rotatable bonds is 4. The van der Waals surface area contributed by atoms with Crippen molar-refractivity contribution in [2.75, 3.05) is 13.7 Å². The zero-order chi connectivity index (χ0) is 10.4. The highest BCUT2D eigenvalue weighted by atomic mass is 16.5. The fraction of sp³-hybridized carbons (Fsp3) is 0.909. The van der Waals surface area contributed by atoms with Gasteiger partial charge < -0.3 is 10.1 Å². The Bertz CT molecular complexity index is 174. The Morgan fingerprint density at radius 1 is 1.36 bits per heavy atom. The number of nitrogens with one attached hydrogen (secondary N) is 1. The monoisotopic (exact) mass is 199 g/mol. The van der Waals surface area contributed by atoms with Gasteiger partial charge in [-0.3, -0.25) is 4.79 Å². The van der Waals surface area contributed by atoms with Crippen LogP contribution >= 0.6 is 0 Å². The number of carbonyl (C=O) groups excluding carboxylic acids is 1. The lowest BCUT2D eigenvalue weighted by molar-refractivity contribution is -0.140. The second-order valence-corrected chi connectivity index (χ2v) is 4.24. The van der Waals surface area contributed by atoms with Gasteiger partial charge in [0.1, 0.15) is 0 Å². The van der Waals surface area contributed by atoms with E-state index < -0.39 is 0 Å².